The minimum Gasteiger partial charge on any atom is -0.445 e. The normalized spacial score (nSPS) is 46.3. The first-order valence-corrected chi connectivity index (χ1v) is 16.6. The molecular weight excluding hydrogens is 506 g/mol. The topological polar surface area (TPSA) is 58.6 Å². The molecule has 5 aliphatic carbocycles. The number of ether oxygens (including phenoxy) is 1. The highest BCUT2D eigenvalue weighted by Gasteiger charge is 2.71. The van der Waals surface area contributed by atoms with E-state index < -0.39 is 0 Å². The van der Waals surface area contributed by atoms with Crippen LogP contribution in [-0.2, 0) is 11.3 Å². The SMILES string of the molecule is C=C(C)[C@@H]1CC[C@]2(NC(=O)OCc3ccccc3)CC[C@]3(C)[C@H](CC[C@@H]4[C@@]5(C)CC[C@H](O)C(C)(C)[C@@H]5CC[C@]43C)[C@@H]12. The molecule has 4 heteroatoms. The van der Waals surface area contributed by atoms with Crippen molar-refractivity contribution >= 4 is 6.09 Å². The van der Waals surface area contributed by atoms with Gasteiger partial charge >= 0.3 is 6.09 Å². The number of allylic oxidation sites excluding steroid dienone is 1. The first-order valence-electron chi connectivity index (χ1n) is 16.6. The largest absolute Gasteiger partial charge is 0.445 e. The fourth-order valence-electron chi connectivity index (χ4n) is 12.3. The Morgan fingerprint density at radius 1 is 0.902 bits per heavy atom. The molecule has 0 heterocycles. The molecule has 1 aromatic rings. The standard InChI is InChI=1S/C37H55NO3/c1-24(2)26-15-20-37(38-32(40)41-23-25-11-9-8-10-12-25)22-21-35(6)27(31(26)37)13-14-29-34(5)18-17-30(39)33(3,4)28(34)16-19-36(29,35)7/h8-12,26-31,39H,1,13-23H2,2-7H3,(H,38,40)/t26-,27+,28-,29+,30-,31+,34-,35+,36+,37-/m0/s1. The fourth-order valence-corrected chi connectivity index (χ4v) is 12.3. The Labute approximate surface area is 249 Å². The van der Waals surface area contributed by atoms with Gasteiger partial charge in [0.2, 0.25) is 0 Å². The summed E-state index contributed by atoms with van der Waals surface area (Å²) in [5.74, 6) is 2.69. The monoisotopic (exact) mass is 561 g/mol. The number of carbonyl (C=O) groups excluding carboxylic acids is 1. The molecule has 0 saturated heterocycles. The molecule has 5 aliphatic rings. The molecule has 6 rings (SSSR count). The summed E-state index contributed by atoms with van der Waals surface area (Å²) in [6.07, 6.45) is 10.9. The molecule has 5 fully saturated rings. The lowest BCUT2D eigenvalue weighted by Crippen LogP contribution is -2.69. The quantitative estimate of drug-likeness (QED) is 0.362. The van der Waals surface area contributed by atoms with Crippen LogP contribution < -0.4 is 5.32 Å². The van der Waals surface area contributed by atoms with Crippen molar-refractivity contribution in [1.29, 1.82) is 0 Å². The van der Waals surface area contributed by atoms with E-state index in [9.17, 15) is 9.90 Å². The van der Waals surface area contributed by atoms with Crippen LogP contribution in [0.5, 0.6) is 0 Å². The minimum atomic E-state index is -0.263. The van der Waals surface area contributed by atoms with Gasteiger partial charge in [-0.15, -0.1) is 0 Å². The lowest BCUT2D eigenvalue weighted by molar-refractivity contribution is -0.243. The number of aliphatic hydroxyl groups is 1. The zero-order valence-corrected chi connectivity index (χ0v) is 26.6. The number of hydrogen-bond donors (Lipinski definition) is 2. The van der Waals surface area contributed by atoms with Gasteiger partial charge in [-0.05, 0) is 128 Å². The zero-order valence-electron chi connectivity index (χ0n) is 26.6. The summed E-state index contributed by atoms with van der Waals surface area (Å²) in [6, 6.07) is 9.99. The summed E-state index contributed by atoms with van der Waals surface area (Å²) < 4.78 is 5.80. The maximum Gasteiger partial charge on any atom is 0.407 e. The molecule has 0 bridgehead atoms. The highest BCUT2D eigenvalue weighted by molar-refractivity contribution is 5.68. The Morgan fingerprint density at radius 3 is 2.34 bits per heavy atom. The van der Waals surface area contributed by atoms with E-state index in [1.54, 1.807) is 0 Å². The third-order valence-electron chi connectivity index (χ3n) is 14.6. The van der Waals surface area contributed by atoms with Gasteiger partial charge in [0.15, 0.2) is 0 Å². The van der Waals surface area contributed by atoms with Crippen LogP contribution in [0.15, 0.2) is 42.5 Å². The van der Waals surface area contributed by atoms with Gasteiger partial charge in [-0.3, -0.25) is 0 Å². The maximum atomic E-state index is 13.3. The van der Waals surface area contributed by atoms with Gasteiger partial charge in [-0.25, -0.2) is 4.79 Å². The van der Waals surface area contributed by atoms with E-state index in [4.69, 9.17) is 4.74 Å². The second-order valence-electron chi connectivity index (χ2n) is 16.4. The predicted molar refractivity (Wildman–Crippen MR) is 165 cm³/mol. The van der Waals surface area contributed by atoms with Gasteiger partial charge in [0.1, 0.15) is 6.61 Å². The average molecular weight is 562 g/mol. The van der Waals surface area contributed by atoms with Crippen LogP contribution in [0.1, 0.15) is 111 Å². The molecule has 5 saturated carbocycles. The van der Waals surface area contributed by atoms with Crippen molar-refractivity contribution < 1.29 is 14.6 Å². The van der Waals surface area contributed by atoms with E-state index in [0.29, 0.717) is 36.2 Å². The highest BCUT2D eigenvalue weighted by Crippen LogP contribution is 2.76. The fraction of sp³-hybridized carbons (Fsp3) is 0.757. The maximum absolute atomic E-state index is 13.3. The average Bonchev–Trinajstić information content (AvgIpc) is 3.30. The zero-order chi connectivity index (χ0) is 29.4. The van der Waals surface area contributed by atoms with Gasteiger partial charge < -0.3 is 15.2 Å². The Bertz CT molecular complexity index is 1180. The Balaban J connectivity index is 1.29. The molecule has 226 valence electrons. The molecule has 0 radical (unpaired) electrons. The van der Waals surface area contributed by atoms with Gasteiger partial charge in [0.25, 0.3) is 0 Å². The van der Waals surface area contributed by atoms with Crippen LogP contribution in [0.4, 0.5) is 4.79 Å². The van der Waals surface area contributed by atoms with Crippen molar-refractivity contribution in [3.63, 3.8) is 0 Å². The van der Waals surface area contributed by atoms with Crippen LogP contribution in [0, 0.1) is 51.2 Å². The van der Waals surface area contributed by atoms with E-state index in [0.717, 1.165) is 44.1 Å². The Kier molecular flexibility index (Phi) is 7.04. The first-order chi connectivity index (χ1) is 19.3. The number of alkyl carbamates (subject to hydrolysis) is 1. The van der Waals surface area contributed by atoms with Crippen molar-refractivity contribution in [3.8, 4) is 0 Å². The molecule has 0 aliphatic heterocycles. The number of aliphatic hydroxyl groups excluding tert-OH is 1. The molecule has 0 spiro atoms. The van der Waals surface area contributed by atoms with Crippen molar-refractivity contribution in [1.82, 2.24) is 5.32 Å². The first kappa shape index (κ1) is 29.3. The molecule has 10 atom stereocenters. The van der Waals surface area contributed by atoms with Crippen LogP contribution in [0.2, 0.25) is 0 Å². The van der Waals surface area contributed by atoms with Crippen LogP contribution in [0.3, 0.4) is 0 Å². The molecule has 4 nitrogen and oxygen atoms in total. The molecule has 41 heavy (non-hydrogen) atoms. The van der Waals surface area contributed by atoms with Gasteiger partial charge in [0, 0.05) is 5.54 Å². The molecule has 0 unspecified atom stereocenters. The molecule has 1 amide bonds. The lowest BCUT2D eigenvalue weighted by Gasteiger charge is -2.73. The predicted octanol–water partition coefficient (Wildman–Crippen LogP) is 8.68. The van der Waals surface area contributed by atoms with E-state index in [-0.39, 0.29) is 39.4 Å². The number of amides is 1. The number of hydrogen-bond acceptors (Lipinski definition) is 3. The third-order valence-corrected chi connectivity index (χ3v) is 14.6. The number of rotatable bonds is 4. The van der Waals surface area contributed by atoms with Gasteiger partial charge in [-0.1, -0.05) is 77.1 Å². The van der Waals surface area contributed by atoms with Gasteiger partial charge in [0.05, 0.1) is 6.10 Å². The van der Waals surface area contributed by atoms with E-state index in [1.165, 1.54) is 31.3 Å². The number of nitrogens with one attached hydrogen (secondary N) is 1. The lowest BCUT2D eigenvalue weighted by atomic mass is 9.32. The van der Waals surface area contributed by atoms with Crippen molar-refractivity contribution in [2.75, 3.05) is 0 Å². The number of fused-ring (bicyclic) bond motifs is 7. The molecular formula is C37H55NO3. The van der Waals surface area contributed by atoms with E-state index >= 15 is 0 Å². The Morgan fingerprint density at radius 2 is 1.63 bits per heavy atom. The molecule has 0 aromatic heterocycles. The van der Waals surface area contributed by atoms with Crippen LogP contribution >= 0.6 is 0 Å². The van der Waals surface area contributed by atoms with Crippen molar-refractivity contribution in [2.45, 2.75) is 124 Å². The third kappa shape index (κ3) is 4.20. The molecule has 1 aromatic carbocycles. The van der Waals surface area contributed by atoms with E-state index in [1.807, 2.05) is 30.3 Å². The summed E-state index contributed by atoms with van der Waals surface area (Å²) in [4.78, 5) is 13.3. The summed E-state index contributed by atoms with van der Waals surface area (Å²) in [7, 11) is 0. The summed E-state index contributed by atoms with van der Waals surface area (Å²) in [6.45, 7) is 19.6. The van der Waals surface area contributed by atoms with Crippen molar-refractivity contribution in [3.05, 3.63) is 48.0 Å². The Hall–Kier alpha value is -1.81. The second kappa shape index (κ2) is 9.86. The second-order valence-corrected chi connectivity index (χ2v) is 16.4. The molecule has 2 N–H and O–H groups in total. The number of benzene rings is 1. The van der Waals surface area contributed by atoms with E-state index in [2.05, 4.69) is 53.4 Å². The summed E-state index contributed by atoms with van der Waals surface area (Å²) in [5, 5.41) is 14.5. The van der Waals surface area contributed by atoms with Crippen molar-refractivity contribution in [2.24, 2.45) is 51.2 Å². The summed E-state index contributed by atoms with van der Waals surface area (Å²) in [5.41, 5.74) is 2.85. The smallest absolute Gasteiger partial charge is 0.407 e. The number of carbonyl (C=O) groups is 1. The van der Waals surface area contributed by atoms with Crippen LogP contribution in [-0.4, -0.2) is 22.8 Å². The highest BCUT2D eigenvalue weighted by atomic mass is 16.5. The minimum absolute atomic E-state index is 0.0195. The van der Waals surface area contributed by atoms with Crippen LogP contribution in [0.25, 0.3) is 0 Å². The summed E-state index contributed by atoms with van der Waals surface area (Å²) >= 11 is 0. The van der Waals surface area contributed by atoms with Gasteiger partial charge in [-0.2, -0.15) is 0 Å².